The predicted molar refractivity (Wildman–Crippen MR) is 103 cm³/mol. The van der Waals surface area contributed by atoms with E-state index in [1.54, 1.807) is 22.8 Å². The molecule has 2 aromatic heterocycles. The molecule has 0 bridgehead atoms. The van der Waals surface area contributed by atoms with Crippen molar-refractivity contribution >= 4 is 34.8 Å². The van der Waals surface area contributed by atoms with Crippen molar-refractivity contribution in [1.29, 1.82) is 0 Å². The summed E-state index contributed by atoms with van der Waals surface area (Å²) in [7, 11) is 0. The Balaban J connectivity index is 2.15. The van der Waals surface area contributed by atoms with Crippen LogP contribution < -0.4 is 0 Å². The van der Waals surface area contributed by atoms with E-state index in [0.29, 0.717) is 10.0 Å². The van der Waals surface area contributed by atoms with Gasteiger partial charge in [0.2, 0.25) is 0 Å². The number of ether oxygens (including phenoxy) is 1. The molecule has 136 valence electrons. The van der Waals surface area contributed by atoms with Gasteiger partial charge in [0.25, 0.3) is 0 Å². The second-order valence-corrected chi connectivity index (χ2v) is 6.95. The lowest BCUT2D eigenvalue weighted by atomic mass is 10.0. The van der Waals surface area contributed by atoms with Crippen molar-refractivity contribution < 1.29 is 9.53 Å². The van der Waals surface area contributed by atoms with Crippen LogP contribution in [0.5, 0.6) is 0 Å². The molecule has 0 saturated heterocycles. The van der Waals surface area contributed by atoms with Crippen LogP contribution in [0.2, 0.25) is 10.0 Å². The zero-order valence-corrected chi connectivity index (χ0v) is 16.3. The van der Waals surface area contributed by atoms with E-state index in [1.807, 2.05) is 26.0 Å². The van der Waals surface area contributed by atoms with Gasteiger partial charge < -0.3 is 4.74 Å². The number of hydrogen-bond acceptors (Lipinski definition) is 4. The third-order valence-electron chi connectivity index (χ3n) is 4.20. The Morgan fingerprint density at radius 2 is 2.08 bits per heavy atom. The maximum atomic E-state index is 11.2. The van der Waals surface area contributed by atoms with Gasteiger partial charge in [-0.3, -0.25) is 4.79 Å². The lowest BCUT2D eigenvalue weighted by Gasteiger charge is -2.12. The average Bonchev–Trinajstić information content (AvgIpc) is 2.98. The summed E-state index contributed by atoms with van der Waals surface area (Å²) in [5.74, 6) is -0.317. The highest BCUT2D eigenvalue weighted by atomic mass is 35.5. The molecule has 3 rings (SSSR count). The first-order valence-electron chi connectivity index (χ1n) is 8.37. The molecule has 3 aromatic rings. The molecule has 0 fully saturated rings. The third kappa shape index (κ3) is 3.55. The topological polar surface area (TPSA) is 56.5 Å². The fourth-order valence-corrected chi connectivity index (χ4v) is 3.50. The van der Waals surface area contributed by atoms with E-state index in [1.165, 1.54) is 6.92 Å². The average molecular weight is 392 g/mol. The molecule has 0 amide bonds. The maximum Gasteiger partial charge on any atom is 0.302 e. The number of esters is 1. The van der Waals surface area contributed by atoms with Crippen molar-refractivity contribution in [2.75, 3.05) is 6.61 Å². The molecular formula is C19H19Cl2N3O2. The molecule has 26 heavy (non-hydrogen) atoms. The quantitative estimate of drug-likeness (QED) is 0.578. The predicted octanol–water partition coefficient (Wildman–Crippen LogP) is 4.93. The molecule has 5 nitrogen and oxygen atoms in total. The third-order valence-corrected chi connectivity index (χ3v) is 4.75. The van der Waals surface area contributed by atoms with Crippen LogP contribution in [0.1, 0.15) is 37.9 Å². The number of fused-ring (bicyclic) bond motifs is 1. The van der Waals surface area contributed by atoms with Crippen molar-refractivity contribution in [3.63, 3.8) is 0 Å². The van der Waals surface area contributed by atoms with Gasteiger partial charge in [-0.1, -0.05) is 37.0 Å². The minimum absolute atomic E-state index is 0.0187. The number of hydrogen-bond donors (Lipinski definition) is 0. The Labute approximate surface area is 161 Å². The zero-order valence-electron chi connectivity index (χ0n) is 14.8. The summed E-state index contributed by atoms with van der Waals surface area (Å²) in [4.78, 5) is 15.7. The minimum atomic E-state index is -0.298. The van der Waals surface area contributed by atoms with Crippen LogP contribution in [0.3, 0.4) is 0 Å². The fourth-order valence-electron chi connectivity index (χ4n) is 3.00. The van der Waals surface area contributed by atoms with E-state index in [2.05, 4.69) is 4.98 Å². The van der Waals surface area contributed by atoms with Gasteiger partial charge in [0.1, 0.15) is 0 Å². The first-order chi connectivity index (χ1) is 12.4. The van der Waals surface area contributed by atoms with Crippen molar-refractivity contribution in [3.05, 3.63) is 51.8 Å². The molecule has 0 radical (unpaired) electrons. The Morgan fingerprint density at radius 3 is 2.73 bits per heavy atom. The number of rotatable bonds is 5. The standard InChI is InChI=1S/C19H19Cl2N3O2/c1-4-16-18(11(2)10-26-12(3)25)19-22-8-7-17(24(19)23-16)14-6-5-13(20)9-15(14)21/h5-9,11H,4,10H2,1-3H3. The van der Waals surface area contributed by atoms with E-state index in [-0.39, 0.29) is 18.5 Å². The van der Waals surface area contributed by atoms with Crippen LogP contribution in [-0.4, -0.2) is 27.2 Å². The molecule has 1 unspecified atom stereocenters. The first kappa shape index (κ1) is 18.7. The molecule has 0 aliphatic heterocycles. The summed E-state index contributed by atoms with van der Waals surface area (Å²) in [6, 6.07) is 7.24. The van der Waals surface area contributed by atoms with Crippen LogP contribution in [0.15, 0.2) is 30.5 Å². The summed E-state index contributed by atoms with van der Waals surface area (Å²) >= 11 is 12.4. The van der Waals surface area contributed by atoms with Crippen LogP contribution in [0, 0.1) is 0 Å². The van der Waals surface area contributed by atoms with Crippen molar-refractivity contribution in [2.45, 2.75) is 33.1 Å². The number of halogens is 2. The highest BCUT2D eigenvalue weighted by molar-refractivity contribution is 6.36. The molecule has 0 aliphatic carbocycles. The van der Waals surface area contributed by atoms with Crippen LogP contribution in [0.25, 0.3) is 16.9 Å². The minimum Gasteiger partial charge on any atom is -0.465 e. The lowest BCUT2D eigenvalue weighted by Crippen LogP contribution is -2.09. The monoisotopic (exact) mass is 391 g/mol. The summed E-state index contributed by atoms with van der Waals surface area (Å²) in [6.07, 6.45) is 2.48. The van der Waals surface area contributed by atoms with Crippen molar-refractivity contribution in [2.24, 2.45) is 0 Å². The number of carbonyl (C=O) groups excluding carboxylic acids is 1. The highest BCUT2D eigenvalue weighted by Crippen LogP contribution is 2.32. The number of nitrogens with zero attached hydrogens (tertiary/aromatic N) is 3. The molecule has 7 heteroatoms. The Hall–Kier alpha value is -2.11. The molecule has 0 aliphatic rings. The molecule has 1 atom stereocenters. The largest absolute Gasteiger partial charge is 0.465 e. The molecule has 1 aromatic carbocycles. The zero-order chi connectivity index (χ0) is 18.8. The Morgan fingerprint density at radius 1 is 1.31 bits per heavy atom. The van der Waals surface area contributed by atoms with Gasteiger partial charge >= 0.3 is 5.97 Å². The smallest absolute Gasteiger partial charge is 0.302 e. The number of aromatic nitrogens is 3. The van der Waals surface area contributed by atoms with Crippen molar-refractivity contribution in [1.82, 2.24) is 14.6 Å². The van der Waals surface area contributed by atoms with Gasteiger partial charge in [0.05, 0.1) is 23.0 Å². The van der Waals surface area contributed by atoms with Gasteiger partial charge in [0.15, 0.2) is 5.65 Å². The molecule has 2 heterocycles. The highest BCUT2D eigenvalue weighted by Gasteiger charge is 2.22. The van der Waals surface area contributed by atoms with E-state index in [9.17, 15) is 4.79 Å². The molecule has 0 N–H and O–H groups in total. The van der Waals surface area contributed by atoms with Crippen LogP contribution >= 0.6 is 23.2 Å². The first-order valence-corrected chi connectivity index (χ1v) is 9.13. The number of benzene rings is 1. The molecule has 0 saturated carbocycles. The van der Waals surface area contributed by atoms with E-state index >= 15 is 0 Å². The van der Waals surface area contributed by atoms with E-state index in [0.717, 1.165) is 34.6 Å². The summed E-state index contributed by atoms with van der Waals surface area (Å²) in [5, 5.41) is 5.87. The van der Waals surface area contributed by atoms with Gasteiger partial charge in [-0.2, -0.15) is 5.10 Å². The SMILES string of the molecule is CCc1nn2c(-c3ccc(Cl)cc3Cl)ccnc2c1C(C)COC(C)=O. The van der Waals surface area contributed by atoms with Gasteiger partial charge in [-0.15, -0.1) is 0 Å². The van der Waals surface area contributed by atoms with Crippen LogP contribution in [-0.2, 0) is 16.0 Å². The fraction of sp³-hybridized carbons (Fsp3) is 0.316. The van der Waals surface area contributed by atoms with Crippen LogP contribution in [0.4, 0.5) is 0 Å². The molecular weight excluding hydrogens is 373 g/mol. The van der Waals surface area contributed by atoms with Gasteiger partial charge in [0, 0.05) is 35.2 Å². The second-order valence-electron chi connectivity index (χ2n) is 6.11. The van der Waals surface area contributed by atoms with Gasteiger partial charge in [-0.25, -0.2) is 9.50 Å². The Kier molecular flexibility index (Phi) is 5.49. The van der Waals surface area contributed by atoms with E-state index < -0.39 is 0 Å². The Bertz CT molecular complexity index is 969. The normalized spacial score (nSPS) is 12.3. The maximum absolute atomic E-state index is 11.2. The number of carbonyl (C=O) groups is 1. The summed E-state index contributed by atoms with van der Waals surface area (Å²) in [6.45, 7) is 5.74. The lowest BCUT2D eigenvalue weighted by molar-refractivity contribution is -0.141. The number of aryl methyl sites for hydroxylation is 1. The van der Waals surface area contributed by atoms with Crippen molar-refractivity contribution in [3.8, 4) is 11.3 Å². The summed E-state index contributed by atoms with van der Waals surface area (Å²) < 4.78 is 6.98. The molecule has 0 spiro atoms. The summed E-state index contributed by atoms with van der Waals surface area (Å²) in [5.41, 5.74) is 4.31. The second kappa shape index (κ2) is 7.64. The van der Waals surface area contributed by atoms with Gasteiger partial charge in [-0.05, 0) is 30.7 Å². The van der Waals surface area contributed by atoms with E-state index in [4.69, 9.17) is 33.0 Å².